The highest BCUT2D eigenvalue weighted by atomic mass is 16.3. The molecule has 32 heavy (non-hydrogen) atoms. The number of nitrogens with one attached hydrogen (secondary N) is 2. The van der Waals surface area contributed by atoms with E-state index in [0.29, 0.717) is 31.0 Å². The molecule has 0 unspecified atom stereocenters. The summed E-state index contributed by atoms with van der Waals surface area (Å²) < 4.78 is 0. The number of anilines is 1. The number of benzene rings is 1. The monoisotopic (exact) mass is 437 g/mol. The van der Waals surface area contributed by atoms with E-state index in [9.17, 15) is 14.7 Å². The predicted molar refractivity (Wildman–Crippen MR) is 122 cm³/mol. The van der Waals surface area contributed by atoms with Gasteiger partial charge in [-0.3, -0.25) is 14.5 Å². The molecule has 2 aliphatic rings. The van der Waals surface area contributed by atoms with Crippen molar-refractivity contribution in [3.63, 3.8) is 0 Å². The minimum absolute atomic E-state index is 0.0623. The van der Waals surface area contributed by atoms with Gasteiger partial charge in [0.05, 0.1) is 12.1 Å². The van der Waals surface area contributed by atoms with Gasteiger partial charge in [0, 0.05) is 58.0 Å². The van der Waals surface area contributed by atoms with E-state index in [0.717, 1.165) is 25.1 Å². The van der Waals surface area contributed by atoms with Crippen molar-refractivity contribution < 1.29 is 14.7 Å². The summed E-state index contributed by atoms with van der Waals surface area (Å²) in [7, 11) is 0. The Morgan fingerprint density at radius 1 is 1.25 bits per heavy atom. The zero-order chi connectivity index (χ0) is 22.7. The van der Waals surface area contributed by atoms with Crippen molar-refractivity contribution in [2.75, 3.05) is 38.0 Å². The second-order valence-corrected chi connectivity index (χ2v) is 8.77. The third-order valence-electron chi connectivity index (χ3n) is 6.20. The van der Waals surface area contributed by atoms with Gasteiger partial charge in [0.15, 0.2) is 0 Å². The molecule has 1 fully saturated rings. The summed E-state index contributed by atoms with van der Waals surface area (Å²) in [5, 5.41) is 16.6. The summed E-state index contributed by atoms with van der Waals surface area (Å²) in [6.07, 6.45) is 2.00. The quantitative estimate of drug-likeness (QED) is 0.602. The summed E-state index contributed by atoms with van der Waals surface area (Å²) in [5.74, 6) is 0.448. The lowest BCUT2D eigenvalue weighted by Crippen LogP contribution is -2.56. The van der Waals surface area contributed by atoms with Gasteiger partial charge in [-0.05, 0) is 36.1 Å². The Balaban J connectivity index is 1.27. The molecule has 170 valence electrons. The lowest BCUT2D eigenvalue weighted by molar-refractivity contribution is -0.132. The molecule has 8 heteroatoms. The number of β-amino-alcohol motifs (C(OH)–C–C–N with tert-alkyl or cyclic N) is 1. The van der Waals surface area contributed by atoms with Gasteiger partial charge in [0.1, 0.15) is 5.82 Å². The van der Waals surface area contributed by atoms with E-state index < -0.39 is 6.10 Å². The van der Waals surface area contributed by atoms with Crippen molar-refractivity contribution >= 4 is 17.6 Å². The van der Waals surface area contributed by atoms with Crippen LogP contribution in [0.1, 0.15) is 34.0 Å². The summed E-state index contributed by atoms with van der Waals surface area (Å²) in [6, 6.07) is 10.3. The second kappa shape index (κ2) is 9.67. The molecule has 0 spiro atoms. The smallest absolute Gasteiger partial charge is 0.251 e. The van der Waals surface area contributed by atoms with Crippen LogP contribution >= 0.6 is 0 Å². The molecule has 0 bridgehead atoms. The molecule has 3 heterocycles. The molecule has 0 saturated carbocycles. The third kappa shape index (κ3) is 5.26. The molecule has 0 radical (unpaired) electrons. The Kier molecular flexibility index (Phi) is 6.72. The standard InChI is InChI=1S/C24H31N5O3/c1-16-10-25-23(27-20-13-29(14-20)17(2)30)9-22(16)24(32)26-11-21(31)15-28-8-7-18-5-3-4-6-19(18)12-28/h3-6,9-10,20-21,31H,7-8,11-15H2,1-2H3,(H,25,27)(H,26,32)/t21-/m0/s1. The maximum Gasteiger partial charge on any atom is 0.251 e. The van der Waals surface area contributed by atoms with E-state index in [2.05, 4.69) is 38.7 Å². The first-order valence-electron chi connectivity index (χ1n) is 11.1. The molecule has 1 aromatic carbocycles. The number of rotatable bonds is 7. The van der Waals surface area contributed by atoms with Crippen molar-refractivity contribution in [2.45, 2.75) is 39.0 Å². The van der Waals surface area contributed by atoms with Gasteiger partial charge in [-0.25, -0.2) is 4.98 Å². The average Bonchev–Trinajstić information content (AvgIpc) is 2.75. The first-order chi connectivity index (χ1) is 15.4. The number of aryl methyl sites for hydroxylation is 1. The maximum atomic E-state index is 12.7. The molecule has 2 aromatic rings. The van der Waals surface area contributed by atoms with Crippen LogP contribution in [-0.2, 0) is 17.8 Å². The fourth-order valence-corrected chi connectivity index (χ4v) is 4.26. The molecule has 8 nitrogen and oxygen atoms in total. The van der Waals surface area contributed by atoms with E-state index in [1.807, 2.05) is 13.0 Å². The average molecular weight is 438 g/mol. The van der Waals surface area contributed by atoms with Gasteiger partial charge in [0.2, 0.25) is 5.91 Å². The number of aliphatic hydroxyl groups excluding tert-OH is 1. The molecule has 4 rings (SSSR count). The van der Waals surface area contributed by atoms with E-state index in [-0.39, 0.29) is 24.4 Å². The number of hydrogen-bond acceptors (Lipinski definition) is 6. The van der Waals surface area contributed by atoms with Crippen molar-refractivity contribution in [3.05, 3.63) is 58.8 Å². The summed E-state index contributed by atoms with van der Waals surface area (Å²) in [6.45, 7) is 7.11. The topological polar surface area (TPSA) is 97.8 Å². The van der Waals surface area contributed by atoms with Crippen LogP contribution in [0.25, 0.3) is 0 Å². The molecule has 1 aromatic heterocycles. The van der Waals surface area contributed by atoms with Crippen LogP contribution in [0.5, 0.6) is 0 Å². The lowest BCUT2D eigenvalue weighted by atomic mass is 10.00. The second-order valence-electron chi connectivity index (χ2n) is 8.77. The van der Waals surface area contributed by atoms with Gasteiger partial charge >= 0.3 is 0 Å². The largest absolute Gasteiger partial charge is 0.390 e. The molecule has 0 aliphatic carbocycles. The fraction of sp³-hybridized carbons (Fsp3) is 0.458. The highest BCUT2D eigenvalue weighted by Crippen LogP contribution is 2.19. The van der Waals surface area contributed by atoms with Crippen LogP contribution in [0.3, 0.4) is 0 Å². The highest BCUT2D eigenvalue weighted by molar-refractivity contribution is 5.96. The minimum Gasteiger partial charge on any atom is -0.390 e. The van der Waals surface area contributed by atoms with Gasteiger partial charge in [0.25, 0.3) is 5.91 Å². The van der Waals surface area contributed by atoms with Crippen LogP contribution < -0.4 is 10.6 Å². The Bertz CT molecular complexity index is 989. The predicted octanol–water partition coefficient (Wildman–Crippen LogP) is 1.18. The number of carbonyl (C=O) groups is 2. The minimum atomic E-state index is -0.642. The SMILES string of the molecule is CC(=O)N1CC(Nc2cc(C(=O)NC[C@H](O)CN3CCc4ccccc4C3)c(C)cn2)C1. The number of hydrogen-bond donors (Lipinski definition) is 3. The number of amides is 2. The molecular weight excluding hydrogens is 406 g/mol. The Morgan fingerprint density at radius 2 is 2.00 bits per heavy atom. The Morgan fingerprint density at radius 3 is 2.75 bits per heavy atom. The number of fused-ring (bicyclic) bond motifs is 1. The molecule has 3 N–H and O–H groups in total. The van der Waals surface area contributed by atoms with Crippen LogP contribution in [-0.4, -0.2) is 76.6 Å². The molecule has 2 aliphatic heterocycles. The van der Waals surface area contributed by atoms with E-state index >= 15 is 0 Å². The number of likely N-dealkylation sites (tertiary alicyclic amines) is 1. The van der Waals surface area contributed by atoms with Crippen molar-refractivity contribution in [1.29, 1.82) is 0 Å². The molecular formula is C24H31N5O3. The first kappa shape index (κ1) is 22.2. The van der Waals surface area contributed by atoms with Gasteiger partial charge in [-0.2, -0.15) is 0 Å². The van der Waals surface area contributed by atoms with Gasteiger partial charge < -0.3 is 20.6 Å². The summed E-state index contributed by atoms with van der Waals surface area (Å²) in [5.41, 5.74) is 3.99. The number of aromatic nitrogens is 1. The van der Waals surface area contributed by atoms with Crippen molar-refractivity contribution in [3.8, 4) is 0 Å². The normalized spacial score (nSPS) is 17.3. The molecule has 2 amide bonds. The van der Waals surface area contributed by atoms with Gasteiger partial charge in [-0.1, -0.05) is 24.3 Å². The van der Waals surface area contributed by atoms with Crippen molar-refractivity contribution in [2.24, 2.45) is 0 Å². The van der Waals surface area contributed by atoms with E-state index in [1.165, 1.54) is 11.1 Å². The number of pyridine rings is 1. The van der Waals surface area contributed by atoms with Crippen LogP contribution in [0.15, 0.2) is 36.5 Å². The zero-order valence-electron chi connectivity index (χ0n) is 18.7. The van der Waals surface area contributed by atoms with Crippen LogP contribution in [0.4, 0.5) is 5.82 Å². The molecule has 1 atom stereocenters. The van der Waals surface area contributed by atoms with Gasteiger partial charge in [-0.15, -0.1) is 0 Å². The van der Waals surface area contributed by atoms with Crippen LogP contribution in [0, 0.1) is 6.92 Å². The lowest BCUT2D eigenvalue weighted by Gasteiger charge is -2.39. The number of aliphatic hydroxyl groups is 1. The first-order valence-corrected chi connectivity index (χ1v) is 11.1. The highest BCUT2D eigenvalue weighted by Gasteiger charge is 2.28. The number of nitrogens with zero attached hydrogens (tertiary/aromatic N) is 3. The zero-order valence-corrected chi connectivity index (χ0v) is 18.7. The van der Waals surface area contributed by atoms with E-state index in [1.54, 1.807) is 24.1 Å². The Hall–Kier alpha value is -2.97. The molecule has 1 saturated heterocycles. The third-order valence-corrected chi connectivity index (χ3v) is 6.20. The fourth-order valence-electron chi connectivity index (χ4n) is 4.26. The number of carbonyl (C=O) groups excluding carboxylic acids is 2. The maximum absolute atomic E-state index is 12.7. The van der Waals surface area contributed by atoms with Crippen LogP contribution in [0.2, 0.25) is 0 Å². The van der Waals surface area contributed by atoms with Crippen molar-refractivity contribution in [1.82, 2.24) is 20.1 Å². The Labute approximate surface area is 188 Å². The summed E-state index contributed by atoms with van der Waals surface area (Å²) >= 11 is 0. The van der Waals surface area contributed by atoms with E-state index in [4.69, 9.17) is 0 Å². The summed E-state index contributed by atoms with van der Waals surface area (Å²) in [4.78, 5) is 32.4.